The zero-order valence-corrected chi connectivity index (χ0v) is 25.0. The molecule has 3 aromatic rings. The Hall–Kier alpha value is -3.86. The summed E-state index contributed by atoms with van der Waals surface area (Å²) in [5.41, 5.74) is 0.285. The number of aryl methyl sites for hydroxylation is 1. The van der Waals surface area contributed by atoms with E-state index in [2.05, 4.69) is 5.32 Å². The highest BCUT2D eigenvalue weighted by atomic mass is 32.2. The summed E-state index contributed by atoms with van der Waals surface area (Å²) in [5.74, 6) is -1.10. The van der Waals surface area contributed by atoms with Crippen LogP contribution in [0.4, 0.5) is 18.9 Å². The van der Waals surface area contributed by atoms with Gasteiger partial charge in [0.05, 0.1) is 16.1 Å². The Balaban J connectivity index is 1.71. The molecule has 1 saturated carbocycles. The zero-order valence-electron chi connectivity index (χ0n) is 24.2. The fraction of sp³-hybridized carbons (Fsp3) is 0.375. The molecule has 43 heavy (non-hydrogen) atoms. The molecule has 2 amide bonds. The number of alkyl halides is 3. The van der Waals surface area contributed by atoms with Crippen molar-refractivity contribution in [2.75, 3.05) is 10.8 Å². The maximum absolute atomic E-state index is 14.0. The van der Waals surface area contributed by atoms with Crippen molar-refractivity contribution < 1.29 is 31.2 Å². The van der Waals surface area contributed by atoms with Gasteiger partial charge in [0.25, 0.3) is 10.0 Å². The Labute approximate surface area is 250 Å². The molecule has 0 bridgehead atoms. The third-order valence-corrected chi connectivity index (χ3v) is 9.41. The number of anilines is 1. The molecule has 1 fully saturated rings. The van der Waals surface area contributed by atoms with Gasteiger partial charge in [0.1, 0.15) is 12.6 Å². The van der Waals surface area contributed by atoms with Gasteiger partial charge in [0.15, 0.2) is 0 Å². The number of hydrogen-bond acceptors (Lipinski definition) is 4. The average Bonchev–Trinajstić information content (AvgIpc) is 2.98. The molecular formula is C32H36F3N3O4S. The van der Waals surface area contributed by atoms with Gasteiger partial charge in [-0.05, 0) is 62.6 Å². The molecule has 230 valence electrons. The molecule has 3 aromatic carbocycles. The molecule has 11 heteroatoms. The maximum Gasteiger partial charge on any atom is 0.416 e. The van der Waals surface area contributed by atoms with Gasteiger partial charge < -0.3 is 10.2 Å². The molecule has 0 spiro atoms. The first-order chi connectivity index (χ1) is 20.4. The molecule has 1 aliphatic rings. The predicted molar refractivity (Wildman–Crippen MR) is 159 cm³/mol. The third-order valence-electron chi connectivity index (χ3n) is 7.63. The topological polar surface area (TPSA) is 86.8 Å². The lowest BCUT2D eigenvalue weighted by molar-refractivity contribution is -0.139. The molecule has 0 heterocycles. The van der Waals surface area contributed by atoms with Gasteiger partial charge in [-0.15, -0.1) is 0 Å². The number of benzene rings is 3. The van der Waals surface area contributed by atoms with E-state index in [4.69, 9.17) is 0 Å². The number of hydrogen-bond donors (Lipinski definition) is 1. The highest BCUT2D eigenvalue weighted by Crippen LogP contribution is 2.33. The number of nitrogens with zero attached hydrogens (tertiary/aromatic N) is 2. The van der Waals surface area contributed by atoms with Crippen LogP contribution in [0.5, 0.6) is 0 Å². The van der Waals surface area contributed by atoms with Gasteiger partial charge in [0.2, 0.25) is 11.8 Å². The minimum Gasteiger partial charge on any atom is -0.352 e. The third kappa shape index (κ3) is 8.16. The summed E-state index contributed by atoms with van der Waals surface area (Å²) in [5, 5.41) is 3.03. The summed E-state index contributed by atoms with van der Waals surface area (Å²) in [6.07, 6.45) is 0.0290. The molecular weight excluding hydrogens is 579 g/mol. The van der Waals surface area contributed by atoms with E-state index < -0.39 is 40.3 Å². The molecule has 0 saturated heterocycles. The highest BCUT2D eigenvalue weighted by Gasteiger charge is 2.35. The van der Waals surface area contributed by atoms with Crippen LogP contribution in [0.2, 0.25) is 0 Å². The zero-order chi connectivity index (χ0) is 31.2. The van der Waals surface area contributed by atoms with Crippen LogP contribution in [0.3, 0.4) is 0 Å². The molecule has 4 rings (SSSR count). The molecule has 1 N–H and O–H groups in total. The number of carbonyl (C=O) groups is 2. The van der Waals surface area contributed by atoms with E-state index in [-0.39, 0.29) is 29.1 Å². The van der Waals surface area contributed by atoms with Gasteiger partial charge in [-0.25, -0.2) is 8.42 Å². The van der Waals surface area contributed by atoms with Crippen LogP contribution in [0.25, 0.3) is 0 Å². The second kappa shape index (κ2) is 13.6. The first-order valence-electron chi connectivity index (χ1n) is 14.3. The van der Waals surface area contributed by atoms with Gasteiger partial charge >= 0.3 is 6.18 Å². The van der Waals surface area contributed by atoms with E-state index >= 15 is 0 Å². The second-order valence-corrected chi connectivity index (χ2v) is 12.8. The summed E-state index contributed by atoms with van der Waals surface area (Å²) in [6, 6.07) is 17.4. The molecule has 1 aliphatic carbocycles. The van der Waals surface area contributed by atoms with Crippen molar-refractivity contribution in [2.45, 2.75) is 75.7 Å². The minimum atomic E-state index is -4.73. The molecule has 0 aliphatic heterocycles. The fourth-order valence-corrected chi connectivity index (χ4v) is 6.67. The van der Waals surface area contributed by atoms with Crippen molar-refractivity contribution in [2.24, 2.45) is 0 Å². The van der Waals surface area contributed by atoms with E-state index in [0.717, 1.165) is 55.4 Å². The first-order valence-corrected chi connectivity index (χ1v) is 15.7. The van der Waals surface area contributed by atoms with Gasteiger partial charge in [-0.1, -0.05) is 73.4 Å². The van der Waals surface area contributed by atoms with E-state index in [1.54, 1.807) is 19.1 Å². The second-order valence-electron chi connectivity index (χ2n) is 10.9. The Morgan fingerprint density at radius 3 is 2.26 bits per heavy atom. The van der Waals surface area contributed by atoms with Gasteiger partial charge in [-0.3, -0.25) is 13.9 Å². The van der Waals surface area contributed by atoms with E-state index in [1.165, 1.54) is 35.2 Å². The number of amides is 2. The fourth-order valence-electron chi connectivity index (χ4n) is 5.24. The van der Waals surface area contributed by atoms with E-state index in [9.17, 15) is 31.2 Å². The Kier molecular flexibility index (Phi) is 10.2. The lowest BCUT2D eigenvalue weighted by Crippen LogP contribution is -2.53. The van der Waals surface area contributed by atoms with E-state index in [1.807, 2.05) is 25.1 Å². The highest BCUT2D eigenvalue weighted by molar-refractivity contribution is 7.92. The smallest absolute Gasteiger partial charge is 0.352 e. The van der Waals surface area contributed by atoms with Crippen LogP contribution in [-0.4, -0.2) is 43.8 Å². The van der Waals surface area contributed by atoms with Crippen LogP contribution in [0.1, 0.15) is 55.7 Å². The molecule has 0 aromatic heterocycles. The van der Waals surface area contributed by atoms with Crippen LogP contribution in [0.15, 0.2) is 83.8 Å². The number of nitrogens with one attached hydrogen (secondary N) is 1. The Bertz CT molecular complexity index is 1520. The van der Waals surface area contributed by atoms with Crippen molar-refractivity contribution in [3.8, 4) is 0 Å². The standard InChI is InChI=1S/C32H36F3N3O4S/c1-23-11-9-12-25(19-23)21-37(24(2)31(40)36-27-14-5-3-6-15-27)30(39)22-38(43(41,42)29-17-7-4-8-18-29)28-16-10-13-26(20-28)32(33,34)35/h4,7-13,16-20,24,27H,3,5-6,14-15,21-22H2,1-2H3,(H,36,40). The first kappa shape index (κ1) is 32.1. The van der Waals surface area contributed by atoms with Crippen molar-refractivity contribution >= 4 is 27.5 Å². The Morgan fingerprint density at radius 2 is 1.60 bits per heavy atom. The number of halogens is 3. The van der Waals surface area contributed by atoms with Crippen molar-refractivity contribution in [3.63, 3.8) is 0 Å². The summed E-state index contributed by atoms with van der Waals surface area (Å²) in [7, 11) is -4.48. The summed E-state index contributed by atoms with van der Waals surface area (Å²) in [6.45, 7) is 2.65. The van der Waals surface area contributed by atoms with Gasteiger partial charge in [0, 0.05) is 12.6 Å². The van der Waals surface area contributed by atoms with Crippen molar-refractivity contribution in [1.82, 2.24) is 10.2 Å². The van der Waals surface area contributed by atoms with Gasteiger partial charge in [-0.2, -0.15) is 13.2 Å². The van der Waals surface area contributed by atoms with Crippen molar-refractivity contribution in [1.29, 1.82) is 0 Å². The van der Waals surface area contributed by atoms with E-state index in [0.29, 0.717) is 10.4 Å². The molecule has 1 unspecified atom stereocenters. The molecule has 0 radical (unpaired) electrons. The molecule has 7 nitrogen and oxygen atoms in total. The van der Waals surface area contributed by atoms with Crippen LogP contribution >= 0.6 is 0 Å². The monoisotopic (exact) mass is 615 g/mol. The minimum absolute atomic E-state index is 0.00157. The summed E-state index contributed by atoms with van der Waals surface area (Å²) in [4.78, 5) is 28.5. The number of carbonyl (C=O) groups excluding carboxylic acids is 2. The average molecular weight is 616 g/mol. The number of rotatable bonds is 10. The lowest BCUT2D eigenvalue weighted by Gasteiger charge is -2.33. The maximum atomic E-state index is 14.0. The SMILES string of the molecule is Cc1cccc(CN(C(=O)CN(c2cccc(C(F)(F)F)c2)S(=O)(=O)c2ccccc2)C(C)C(=O)NC2CCCCC2)c1. The number of sulfonamides is 1. The largest absolute Gasteiger partial charge is 0.416 e. The summed E-state index contributed by atoms with van der Waals surface area (Å²) < 4.78 is 69.2. The van der Waals surface area contributed by atoms with Crippen LogP contribution in [0, 0.1) is 6.92 Å². The van der Waals surface area contributed by atoms with Crippen LogP contribution in [-0.2, 0) is 32.3 Å². The summed E-state index contributed by atoms with van der Waals surface area (Å²) >= 11 is 0. The Morgan fingerprint density at radius 1 is 0.930 bits per heavy atom. The van der Waals surface area contributed by atoms with Crippen LogP contribution < -0.4 is 9.62 Å². The molecule has 1 atom stereocenters. The lowest BCUT2D eigenvalue weighted by atomic mass is 9.95. The predicted octanol–water partition coefficient (Wildman–Crippen LogP) is 6.08. The normalized spacial score (nSPS) is 15.0. The quantitative estimate of drug-likeness (QED) is 0.300. The van der Waals surface area contributed by atoms with Crippen molar-refractivity contribution in [3.05, 3.63) is 95.6 Å².